The first-order valence-electron chi connectivity index (χ1n) is 7.38. The van der Waals surface area contributed by atoms with Gasteiger partial charge in [-0.15, -0.1) is 0 Å². The van der Waals surface area contributed by atoms with Crippen LogP contribution in [0.15, 0.2) is 48.8 Å². The lowest BCUT2D eigenvalue weighted by Gasteiger charge is -2.19. The second-order valence-electron chi connectivity index (χ2n) is 5.38. The van der Waals surface area contributed by atoms with E-state index in [1.165, 1.54) is 19.5 Å². The molecule has 6 heteroatoms. The van der Waals surface area contributed by atoms with Gasteiger partial charge in [-0.25, -0.2) is 19.2 Å². The van der Waals surface area contributed by atoms with Crippen LogP contribution in [0.2, 0.25) is 0 Å². The molecule has 3 aromatic rings. The normalized spacial score (nSPS) is 10.6. The number of para-hydroxylation sites is 1. The number of anilines is 1. The molecular weight excluding hydrogens is 309 g/mol. The maximum Gasteiger partial charge on any atom is 0.337 e. The van der Waals surface area contributed by atoms with Gasteiger partial charge >= 0.3 is 5.97 Å². The maximum atomic E-state index is 13.9. The van der Waals surface area contributed by atoms with Gasteiger partial charge in [0.2, 0.25) is 0 Å². The molecule has 5 nitrogen and oxygen atoms in total. The zero-order valence-electron chi connectivity index (χ0n) is 13.4. The quantitative estimate of drug-likeness (QED) is 0.690. The largest absolute Gasteiger partial charge is 0.465 e. The molecule has 3 rings (SSSR count). The molecule has 0 unspecified atom stereocenters. The van der Waals surface area contributed by atoms with Gasteiger partial charge in [0.1, 0.15) is 23.5 Å². The Labute approximate surface area is 138 Å². The van der Waals surface area contributed by atoms with Gasteiger partial charge in [0.25, 0.3) is 0 Å². The number of ether oxygens (including phenoxy) is 1. The third-order valence-corrected chi connectivity index (χ3v) is 3.75. The first-order valence-corrected chi connectivity index (χ1v) is 7.38. The number of methoxy groups -OCH3 is 1. The summed E-state index contributed by atoms with van der Waals surface area (Å²) in [6.45, 7) is 0.560. The van der Waals surface area contributed by atoms with E-state index in [0.29, 0.717) is 28.8 Å². The van der Waals surface area contributed by atoms with Crippen molar-refractivity contribution in [2.75, 3.05) is 19.1 Å². The lowest BCUT2D eigenvalue weighted by atomic mass is 10.1. The van der Waals surface area contributed by atoms with Crippen LogP contribution in [0, 0.1) is 5.82 Å². The van der Waals surface area contributed by atoms with Gasteiger partial charge < -0.3 is 9.64 Å². The fourth-order valence-electron chi connectivity index (χ4n) is 2.55. The average molecular weight is 325 g/mol. The lowest BCUT2D eigenvalue weighted by molar-refractivity contribution is 0.0600. The van der Waals surface area contributed by atoms with Gasteiger partial charge in [-0.1, -0.05) is 18.2 Å². The molecule has 1 heterocycles. The number of benzene rings is 2. The van der Waals surface area contributed by atoms with Gasteiger partial charge in [0, 0.05) is 19.0 Å². The fourth-order valence-corrected chi connectivity index (χ4v) is 2.55. The molecule has 0 amide bonds. The number of aromatic nitrogens is 2. The Kier molecular flexibility index (Phi) is 4.37. The molecule has 0 aliphatic carbocycles. The topological polar surface area (TPSA) is 55.3 Å². The van der Waals surface area contributed by atoms with Crippen LogP contribution in [0.5, 0.6) is 0 Å². The first kappa shape index (κ1) is 15.9. The van der Waals surface area contributed by atoms with Crippen molar-refractivity contribution < 1.29 is 13.9 Å². The Bertz CT molecular complexity index is 881. The molecular formula is C18H16FN3O2. The molecule has 0 saturated carbocycles. The molecule has 0 bridgehead atoms. The Morgan fingerprint density at radius 2 is 1.92 bits per heavy atom. The minimum atomic E-state index is -0.369. The molecule has 0 radical (unpaired) electrons. The summed E-state index contributed by atoms with van der Waals surface area (Å²) in [6, 6.07) is 12.0. The molecule has 0 aliphatic heterocycles. The van der Waals surface area contributed by atoms with Gasteiger partial charge in [0.05, 0.1) is 12.7 Å². The Morgan fingerprint density at radius 1 is 1.17 bits per heavy atom. The zero-order valence-corrected chi connectivity index (χ0v) is 13.4. The van der Waals surface area contributed by atoms with E-state index in [9.17, 15) is 9.18 Å². The molecule has 0 atom stereocenters. The molecule has 0 spiro atoms. The van der Waals surface area contributed by atoms with Gasteiger partial charge in [-0.2, -0.15) is 0 Å². The number of hydrogen-bond donors (Lipinski definition) is 0. The molecule has 122 valence electrons. The SMILES string of the molecule is COC(=O)c1ccc(CN(C)c2ncnc3c(F)cccc23)cc1. The van der Waals surface area contributed by atoms with Crippen molar-refractivity contribution in [3.63, 3.8) is 0 Å². The molecule has 24 heavy (non-hydrogen) atoms. The van der Waals surface area contributed by atoms with Crippen LogP contribution in [0.1, 0.15) is 15.9 Å². The second kappa shape index (κ2) is 6.62. The van der Waals surface area contributed by atoms with Crippen molar-refractivity contribution >= 4 is 22.7 Å². The Hall–Kier alpha value is -3.02. The highest BCUT2D eigenvalue weighted by molar-refractivity contribution is 5.90. The Morgan fingerprint density at radius 3 is 2.62 bits per heavy atom. The minimum Gasteiger partial charge on any atom is -0.465 e. The summed E-state index contributed by atoms with van der Waals surface area (Å²) >= 11 is 0. The van der Waals surface area contributed by atoms with E-state index in [0.717, 1.165) is 5.56 Å². The number of rotatable bonds is 4. The van der Waals surface area contributed by atoms with Crippen LogP contribution in [0.4, 0.5) is 10.2 Å². The zero-order chi connectivity index (χ0) is 17.1. The highest BCUT2D eigenvalue weighted by atomic mass is 19.1. The van der Waals surface area contributed by atoms with E-state index in [1.54, 1.807) is 24.3 Å². The van der Waals surface area contributed by atoms with Crippen molar-refractivity contribution in [1.82, 2.24) is 9.97 Å². The van der Waals surface area contributed by atoms with E-state index in [2.05, 4.69) is 14.7 Å². The number of nitrogens with zero attached hydrogens (tertiary/aromatic N) is 3. The minimum absolute atomic E-state index is 0.301. The summed E-state index contributed by atoms with van der Waals surface area (Å²) in [4.78, 5) is 21.7. The summed E-state index contributed by atoms with van der Waals surface area (Å²) in [7, 11) is 3.23. The van der Waals surface area contributed by atoms with Crippen LogP contribution in [-0.2, 0) is 11.3 Å². The standard InChI is InChI=1S/C18H16FN3O2/c1-22(10-12-6-8-13(9-7-12)18(23)24-2)17-14-4-3-5-15(19)16(14)20-11-21-17/h3-9,11H,10H2,1-2H3. The van der Waals surface area contributed by atoms with Crippen LogP contribution < -0.4 is 4.90 Å². The number of carbonyl (C=O) groups is 1. The Balaban J connectivity index is 1.86. The van der Waals surface area contributed by atoms with Crippen LogP contribution in [-0.4, -0.2) is 30.1 Å². The number of carbonyl (C=O) groups excluding carboxylic acids is 1. The molecule has 1 aromatic heterocycles. The van der Waals surface area contributed by atoms with Crippen molar-refractivity contribution in [2.45, 2.75) is 6.54 Å². The third kappa shape index (κ3) is 3.03. The van der Waals surface area contributed by atoms with E-state index in [-0.39, 0.29) is 11.8 Å². The summed E-state index contributed by atoms with van der Waals surface area (Å²) in [5.74, 6) is -0.0873. The fraction of sp³-hybridized carbons (Fsp3) is 0.167. The number of hydrogen-bond acceptors (Lipinski definition) is 5. The highest BCUT2D eigenvalue weighted by Crippen LogP contribution is 2.24. The van der Waals surface area contributed by atoms with Crippen molar-refractivity contribution in [3.8, 4) is 0 Å². The van der Waals surface area contributed by atoms with E-state index < -0.39 is 0 Å². The average Bonchev–Trinajstić information content (AvgIpc) is 2.61. The monoisotopic (exact) mass is 325 g/mol. The summed E-state index contributed by atoms with van der Waals surface area (Å²) in [5.41, 5.74) is 1.79. The third-order valence-electron chi connectivity index (χ3n) is 3.75. The van der Waals surface area contributed by atoms with E-state index in [4.69, 9.17) is 0 Å². The summed E-state index contributed by atoms with van der Waals surface area (Å²) in [6.07, 6.45) is 1.36. The molecule has 0 N–H and O–H groups in total. The van der Waals surface area contributed by atoms with E-state index in [1.807, 2.05) is 24.1 Å². The molecule has 0 saturated heterocycles. The van der Waals surface area contributed by atoms with Gasteiger partial charge in [-0.05, 0) is 29.8 Å². The lowest BCUT2D eigenvalue weighted by Crippen LogP contribution is -2.18. The van der Waals surface area contributed by atoms with Crippen LogP contribution >= 0.6 is 0 Å². The molecule has 0 fully saturated rings. The maximum absolute atomic E-state index is 13.9. The summed E-state index contributed by atoms with van der Waals surface area (Å²) < 4.78 is 18.5. The molecule has 0 aliphatic rings. The smallest absolute Gasteiger partial charge is 0.337 e. The first-order chi connectivity index (χ1) is 11.6. The number of fused-ring (bicyclic) bond motifs is 1. The van der Waals surface area contributed by atoms with Crippen LogP contribution in [0.25, 0.3) is 10.9 Å². The number of halogens is 1. The van der Waals surface area contributed by atoms with Gasteiger partial charge in [0.15, 0.2) is 0 Å². The van der Waals surface area contributed by atoms with Crippen LogP contribution in [0.3, 0.4) is 0 Å². The predicted molar refractivity (Wildman–Crippen MR) is 89.4 cm³/mol. The van der Waals surface area contributed by atoms with Crippen molar-refractivity contribution in [2.24, 2.45) is 0 Å². The van der Waals surface area contributed by atoms with Gasteiger partial charge in [-0.3, -0.25) is 0 Å². The second-order valence-corrected chi connectivity index (χ2v) is 5.38. The van der Waals surface area contributed by atoms with Crippen molar-refractivity contribution in [3.05, 3.63) is 65.7 Å². The number of esters is 1. The van der Waals surface area contributed by atoms with E-state index >= 15 is 0 Å². The predicted octanol–water partition coefficient (Wildman–Crippen LogP) is 3.19. The summed E-state index contributed by atoms with van der Waals surface area (Å²) in [5, 5.41) is 0.659. The van der Waals surface area contributed by atoms with Crippen molar-refractivity contribution in [1.29, 1.82) is 0 Å². The highest BCUT2D eigenvalue weighted by Gasteiger charge is 2.12. The molecule has 2 aromatic carbocycles.